The number of rotatable bonds is 6. The Morgan fingerprint density at radius 1 is 0.933 bits per heavy atom. The van der Waals surface area contributed by atoms with Gasteiger partial charge in [-0.3, -0.25) is 9.35 Å². The van der Waals surface area contributed by atoms with E-state index in [4.69, 9.17) is 23.9 Å². The van der Waals surface area contributed by atoms with Crippen LogP contribution in [0.4, 0.5) is 0 Å². The van der Waals surface area contributed by atoms with Crippen molar-refractivity contribution in [3.05, 3.63) is 0 Å². The van der Waals surface area contributed by atoms with Gasteiger partial charge >= 0.3 is 16.4 Å². The Kier molecular flexibility index (Phi) is 7.69. The number of carbonyl (C=O) groups is 2. The Balaban J connectivity index is 2.31. The lowest BCUT2D eigenvalue weighted by Gasteiger charge is -2.45. The van der Waals surface area contributed by atoms with Crippen molar-refractivity contribution >= 4 is 22.3 Å². The number of nitrogens with one attached hydrogen (secondary N) is 1. The molecule has 17 heteroatoms. The maximum absolute atomic E-state index is 11.4. The van der Waals surface area contributed by atoms with E-state index in [-0.39, 0.29) is 0 Å². The minimum atomic E-state index is -5.19. The van der Waals surface area contributed by atoms with Gasteiger partial charge < -0.3 is 50.2 Å². The fraction of sp³-hybridized carbons (Fsp3) is 0.846. The zero-order valence-corrected chi connectivity index (χ0v) is 15.9. The Labute approximate surface area is 168 Å². The standard InChI is InChI=1S/C13H21NO15S/c1-2(15)14-3-8(7(19)13(28-11(3)22)29-30(23,24)25)26-12-6(18)4(16)5(17)9(27-12)10(20)21/h3-9,11-13,16-19,22H,1H3,(H,14,15)(H,20,21)(H,23,24,25)/t3-,4-,5+,6-,7-,8?,9+,11-,12-,13-/m1/s1. The second-order valence-corrected chi connectivity index (χ2v) is 7.52. The molecule has 2 heterocycles. The fourth-order valence-electron chi connectivity index (χ4n) is 2.90. The van der Waals surface area contributed by atoms with E-state index in [1.807, 2.05) is 0 Å². The zero-order valence-electron chi connectivity index (χ0n) is 15.1. The van der Waals surface area contributed by atoms with Gasteiger partial charge in [0.2, 0.25) is 12.2 Å². The smallest absolute Gasteiger partial charge is 0.399 e. The van der Waals surface area contributed by atoms with Crippen molar-refractivity contribution in [3.63, 3.8) is 0 Å². The van der Waals surface area contributed by atoms with E-state index < -0.39 is 83.8 Å². The molecule has 2 aliphatic rings. The van der Waals surface area contributed by atoms with E-state index in [1.165, 1.54) is 0 Å². The number of carboxylic acids is 1. The van der Waals surface area contributed by atoms with Crippen LogP contribution in [0.5, 0.6) is 0 Å². The van der Waals surface area contributed by atoms with Gasteiger partial charge in [0.15, 0.2) is 18.7 Å². The van der Waals surface area contributed by atoms with E-state index in [0.29, 0.717) is 0 Å². The number of aliphatic carboxylic acids is 1. The van der Waals surface area contributed by atoms with Gasteiger partial charge in [-0.25, -0.2) is 8.98 Å². The number of amides is 1. The highest BCUT2D eigenvalue weighted by atomic mass is 32.3. The van der Waals surface area contributed by atoms with Crippen LogP contribution in [0, 0.1) is 0 Å². The molecule has 0 aromatic rings. The number of ether oxygens (including phenoxy) is 3. The molecule has 0 spiro atoms. The third-order valence-corrected chi connectivity index (χ3v) is 4.67. The number of hydrogen-bond acceptors (Lipinski definition) is 13. The van der Waals surface area contributed by atoms with Crippen LogP contribution in [0.15, 0.2) is 0 Å². The Morgan fingerprint density at radius 2 is 1.53 bits per heavy atom. The van der Waals surface area contributed by atoms with Crippen molar-refractivity contribution in [1.29, 1.82) is 0 Å². The minimum Gasteiger partial charge on any atom is -0.479 e. The van der Waals surface area contributed by atoms with Crippen LogP contribution >= 0.6 is 0 Å². The molecular weight excluding hydrogens is 442 g/mol. The van der Waals surface area contributed by atoms with Crippen molar-refractivity contribution < 1.29 is 71.6 Å². The van der Waals surface area contributed by atoms with Crippen LogP contribution in [0.2, 0.25) is 0 Å². The number of carboxylic acid groups (broad SMARTS) is 1. The van der Waals surface area contributed by atoms with Crippen LogP contribution in [-0.4, -0.2) is 117 Å². The molecule has 2 rings (SSSR count). The monoisotopic (exact) mass is 463 g/mol. The Hall–Kier alpha value is -1.51. The van der Waals surface area contributed by atoms with E-state index in [0.717, 1.165) is 6.92 Å². The summed E-state index contributed by atoms with van der Waals surface area (Å²) in [5.41, 5.74) is 0. The van der Waals surface area contributed by atoms with Crippen LogP contribution < -0.4 is 5.32 Å². The quantitative estimate of drug-likeness (QED) is 0.171. The summed E-state index contributed by atoms with van der Waals surface area (Å²) in [4.78, 5) is 22.6. The van der Waals surface area contributed by atoms with Gasteiger partial charge in [-0.05, 0) is 0 Å². The molecule has 2 saturated heterocycles. The molecule has 0 radical (unpaired) electrons. The fourth-order valence-corrected chi connectivity index (χ4v) is 3.30. The topological polar surface area (TPSA) is 259 Å². The summed E-state index contributed by atoms with van der Waals surface area (Å²) in [5.74, 6) is -2.51. The summed E-state index contributed by atoms with van der Waals surface area (Å²) in [6.45, 7) is 1.00. The summed E-state index contributed by atoms with van der Waals surface area (Å²) in [6.07, 6.45) is -18.7. The van der Waals surface area contributed by atoms with Gasteiger partial charge in [0.1, 0.15) is 36.6 Å². The van der Waals surface area contributed by atoms with Crippen LogP contribution in [0.3, 0.4) is 0 Å². The summed E-state index contributed by atoms with van der Waals surface area (Å²) < 4.78 is 49.5. The molecule has 10 atom stereocenters. The highest BCUT2D eigenvalue weighted by molar-refractivity contribution is 7.80. The molecule has 2 fully saturated rings. The molecule has 0 aliphatic carbocycles. The van der Waals surface area contributed by atoms with E-state index in [1.54, 1.807) is 0 Å². The molecule has 0 bridgehead atoms. The Morgan fingerprint density at radius 3 is 2.03 bits per heavy atom. The van der Waals surface area contributed by atoms with Gasteiger partial charge in [-0.1, -0.05) is 0 Å². The molecule has 0 aromatic carbocycles. The van der Waals surface area contributed by atoms with Crippen molar-refractivity contribution in [3.8, 4) is 0 Å². The number of hydrogen-bond donors (Lipinski definition) is 8. The zero-order chi connectivity index (χ0) is 23.0. The third kappa shape index (κ3) is 5.59. The van der Waals surface area contributed by atoms with Gasteiger partial charge in [0.25, 0.3) is 0 Å². The van der Waals surface area contributed by atoms with E-state index in [9.17, 15) is 43.5 Å². The first-order chi connectivity index (χ1) is 13.7. The molecule has 30 heavy (non-hydrogen) atoms. The molecule has 2 aliphatic heterocycles. The van der Waals surface area contributed by atoms with Gasteiger partial charge in [-0.2, -0.15) is 8.42 Å². The van der Waals surface area contributed by atoms with E-state index >= 15 is 0 Å². The first-order valence-corrected chi connectivity index (χ1v) is 9.61. The molecule has 8 N–H and O–H groups in total. The molecule has 16 nitrogen and oxygen atoms in total. The lowest BCUT2D eigenvalue weighted by Crippen LogP contribution is -2.67. The normalized spacial score (nSPS) is 42.5. The summed E-state index contributed by atoms with van der Waals surface area (Å²) in [7, 11) is -5.19. The largest absolute Gasteiger partial charge is 0.479 e. The van der Waals surface area contributed by atoms with E-state index in [2.05, 4.69) is 9.50 Å². The second kappa shape index (κ2) is 9.32. The van der Waals surface area contributed by atoms with Crippen molar-refractivity contribution in [2.24, 2.45) is 0 Å². The first kappa shape index (κ1) is 24.8. The predicted molar refractivity (Wildman–Crippen MR) is 86.3 cm³/mol. The SMILES string of the molecule is CC(=O)N[C@@H]1C(O[C@@H]2O[C@H](C(=O)O)[C@@H](O)[C@@H](O)[C@H]2O)[C@@H](O)[C@@H](OS(=O)(=O)O)O[C@H]1O. The van der Waals surface area contributed by atoms with Gasteiger partial charge in [0, 0.05) is 6.92 Å². The highest BCUT2D eigenvalue weighted by Gasteiger charge is 2.53. The second-order valence-electron chi connectivity index (χ2n) is 6.47. The summed E-state index contributed by atoms with van der Waals surface area (Å²) in [6, 6.07) is -1.64. The predicted octanol–water partition coefficient (Wildman–Crippen LogP) is -5.38. The maximum Gasteiger partial charge on any atom is 0.399 e. The van der Waals surface area contributed by atoms with Crippen molar-refractivity contribution in [2.45, 2.75) is 68.5 Å². The average molecular weight is 463 g/mol. The number of carbonyl (C=O) groups excluding carboxylic acids is 1. The third-order valence-electron chi connectivity index (χ3n) is 4.24. The van der Waals surface area contributed by atoms with Gasteiger partial charge in [0.05, 0.1) is 0 Å². The lowest BCUT2D eigenvalue weighted by atomic mass is 9.97. The number of aliphatic hydroxyl groups excluding tert-OH is 5. The van der Waals surface area contributed by atoms with Gasteiger partial charge in [-0.15, -0.1) is 0 Å². The molecular formula is C13H21NO15S. The molecule has 1 unspecified atom stereocenters. The number of aliphatic hydroxyl groups is 5. The van der Waals surface area contributed by atoms with Crippen LogP contribution in [0.25, 0.3) is 0 Å². The minimum absolute atomic E-state index is 0.776. The average Bonchev–Trinajstić information content (AvgIpc) is 2.60. The van der Waals surface area contributed by atoms with Crippen LogP contribution in [-0.2, 0) is 38.4 Å². The molecule has 0 aromatic heterocycles. The molecule has 0 saturated carbocycles. The lowest BCUT2D eigenvalue weighted by molar-refractivity contribution is -0.350. The molecule has 1 amide bonds. The maximum atomic E-state index is 11.4. The van der Waals surface area contributed by atoms with Crippen LogP contribution in [0.1, 0.15) is 6.92 Å². The molecule has 174 valence electrons. The first-order valence-electron chi connectivity index (χ1n) is 8.25. The summed E-state index contributed by atoms with van der Waals surface area (Å²) in [5, 5.41) is 61.1. The van der Waals surface area contributed by atoms with Crippen molar-refractivity contribution in [2.75, 3.05) is 0 Å². The van der Waals surface area contributed by atoms with Crippen molar-refractivity contribution in [1.82, 2.24) is 5.32 Å². The Bertz CT molecular complexity index is 745. The summed E-state index contributed by atoms with van der Waals surface area (Å²) >= 11 is 0. The highest BCUT2D eigenvalue weighted by Crippen LogP contribution is 2.29.